The van der Waals surface area contributed by atoms with Gasteiger partial charge in [0.05, 0.1) is 3.57 Å². The Hall–Kier alpha value is -2.57. The van der Waals surface area contributed by atoms with Crippen molar-refractivity contribution in [3.8, 4) is 61.8 Å². The molecule has 0 unspecified atom stereocenters. The number of hydrogen-bond acceptors (Lipinski definition) is 5. The minimum absolute atomic E-state index is 0.266. The highest BCUT2D eigenvalue weighted by molar-refractivity contribution is 14.1. The van der Waals surface area contributed by atoms with Crippen LogP contribution in [0.2, 0.25) is 15.1 Å². The van der Waals surface area contributed by atoms with Crippen LogP contribution in [0.15, 0.2) is 194 Å². The van der Waals surface area contributed by atoms with Crippen molar-refractivity contribution in [3.05, 3.63) is 219 Å². The highest BCUT2D eigenvalue weighted by Gasteiger charge is 2.15. The zero-order chi connectivity index (χ0) is 50.1. The minimum atomic E-state index is 0.266. The third-order valence-electron chi connectivity index (χ3n) is 10.1. The number of fused-ring (bicyclic) bond motifs is 3. The molecule has 0 aliphatic heterocycles. The van der Waals surface area contributed by atoms with E-state index in [2.05, 4.69) is 181 Å². The molecule has 5 nitrogen and oxygen atoms in total. The highest BCUT2D eigenvalue weighted by atomic mass is 127. The van der Waals surface area contributed by atoms with Gasteiger partial charge in [0.15, 0.2) is 0 Å². The Balaban J connectivity index is 0.000000143. The van der Waals surface area contributed by atoms with Gasteiger partial charge in [0.1, 0.15) is 28.4 Å². The molecular weight excluding hydrogens is 1590 g/mol. The summed E-state index contributed by atoms with van der Waals surface area (Å²) < 4.78 is 18.2. The van der Waals surface area contributed by atoms with Crippen LogP contribution in [0, 0.1) is 14.3 Å². The maximum absolute atomic E-state index is 10.1. The summed E-state index contributed by atoms with van der Waals surface area (Å²) in [6.07, 6.45) is 0. The predicted octanol–water partition coefficient (Wildman–Crippen LogP) is 20.3. The molecule has 10 rings (SSSR count). The zero-order valence-corrected chi connectivity index (χ0v) is 51.4. The third-order valence-corrected chi connectivity index (χ3v) is 15.0. The summed E-state index contributed by atoms with van der Waals surface area (Å²) in [6.45, 7) is 0. The second-order valence-electron chi connectivity index (χ2n) is 15.0. The summed E-state index contributed by atoms with van der Waals surface area (Å²) in [4.78, 5) is 0. The van der Waals surface area contributed by atoms with Gasteiger partial charge in [-0.15, -0.1) is 0 Å². The maximum atomic E-state index is 10.1. The summed E-state index contributed by atoms with van der Waals surface area (Å²) in [6, 6.07) is 56.3. The molecule has 3 N–H and O–H groups in total. The van der Waals surface area contributed by atoms with Crippen LogP contribution in [0.1, 0.15) is 0 Å². The largest absolute Gasteiger partial charge is 0.569 e. The van der Waals surface area contributed by atoms with Gasteiger partial charge in [0.2, 0.25) is 0 Å². The lowest BCUT2D eigenvalue weighted by molar-refractivity contribution is 0.453. The molecule has 0 bridgehead atoms. The molecular formula is C54H32BBr3Cl3I4O5. The molecule has 351 valence electrons. The van der Waals surface area contributed by atoms with Crippen molar-refractivity contribution >= 4 is 203 Å². The van der Waals surface area contributed by atoms with E-state index in [-0.39, 0.29) is 5.75 Å². The number of phenolic OH excluding ortho intramolecular Hbond substituents is 2. The molecule has 1 heterocycles. The van der Waals surface area contributed by atoms with Crippen molar-refractivity contribution in [1.82, 2.24) is 0 Å². The Kier molecular flexibility index (Phi) is 20.6. The molecule has 0 aliphatic rings. The summed E-state index contributed by atoms with van der Waals surface area (Å²) >= 11 is 37.4. The van der Waals surface area contributed by atoms with Gasteiger partial charge in [0, 0.05) is 61.1 Å². The Labute approximate surface area is 500 Å². The molecule has 0 amide bonds. The van der Waals surface area contributed by atoms with Crippen LogP contribution in [-0.2, 0) is 0 Å². The van der Waals surface area contributed by atoms with Crippen LogP contribution >= 0.6 is 173 Å². The number of hydrogen-bond donors (Lipinski definition) is 3. The van der Waals surface area contributed by atoms with E-state index in [0.717, 1.165) is 95.6 Å². The van der Waals surface area contributed by atoms with E-state index >= 15 is 0 Å². The van der Waals surface area contributed by atoms with Crippen molar-refractivity contribution in [3.63, 3.8) is 0 Å². The van der Waals surface area contributed by atoms with Crippen LogP contribution in [-0.4, -0.2) is 22.9 Å². The SMILES string of the molecule is Clc1cccc(-c2cc(I)cc3c2oc2ccc(Br)cc23)c1.O[B]Oc1cc(I)cc(-c2cccc(Cl)c2)c1.Oc1ccc(Br)cc1-c1cc(I)cc(-c2cccc(Cl)c2)c1.Oc1ccc(Br)cc1I. The first-order chi connectivity index (χ1) is 33.5. The van der Waals surface area contributed by atoms with E-state index in [1.165, 1.54) is 3.57 Å². The molecule has 10 aromatic rings. The second kappa shape index (κ2) is 26.1. The number of aromatic hydroxyl groups is 2. The van der Waals surface area contributed by atoms with Crippen molar-refractivity contribution in [1.29, 1.82) is 0 Å². The summed E-state index contributed by atoms with van der Waals surface area (Å²) in [5.41, 5.74) is 9.84. The summed E-state index contributed by atoms with van der Waals surface area (Å²) in [5.74, 6) is 1.19. The maximum Gasteiger partial charge on any atom is 0.569 e. The van der Waals surface area contributed by atoms with Crippen LogP contribution in [0.4, 0.5) is 0 Å². The molecule has 70 heavy (non-hydrogen) atoms. The standard InChI is InChI=1S/C18H9BrClIO.C18H11BrClIO.C12H8BClIO2.C6H4BrIO/c19-11-4-5-17-15(7-11)16-9-13(21)8-14(18(16)22-17)10-2-1-3-12(20)6-10;19-14-4-5-18(22)17(10-14)13-6-12(8-16(21)9-13)11-2-1-3-15(20)7-11;14-10-3-1-2-8(4-10)9-5-11(15)7-12(6-9)17-13-16;7-4-1-2-6(9)5(8)3-4/h1-9H;1-10,22H;1-7,16H;1-3,9H. The number of phenols is 2. The quantitative estimate of drug-likeness (QED) is 0.114. The van der Waals surface area contributed by atoms with Gasteiger partial charge in [-0.1, -0.05) is 119 Å². The van der Waals surface area contributed by atoms with Crippen LogP contribution in [0.3, 0.4) is 0 Å². The number of halogens is 10. The molecule has 1 radical (unpaired) electrons. The molecule has 0 saturated heterocycles. The lowest BCUT2D eigenvalue weighted by Crippen LogP contribution is -2.00. The smallest absolute Gasteiger partial charge is 0.537 e. The fraction of sp³-hybridized carbons (Fsp3) is 0. The van der Waals surface area contributed by atoms with Crippen molar-refractivity contribution < 1.29 is 24.3 Å². The average molecular weight is 1630 g/mol. The first-order valence-corrected chi connectivity index (χ1v) is 28.3. The third kappa shape index (κ3) is 15.3. The summed E-state index contributed by atoms with van der Waals surface area (Å²) in [5, 5.41) is 32.2. The summed E-state index contributed by atoms with van der Waals surface area (Å²) in [7, 11) is 0.674. The fourth-order valence-corrected chi connectivity index (χ4v) is 11.5. The van der Waals surface area contributed by atoms with Gasteiger partial charge in [0.25, 0.3) is 0 Å². The Morgan fingerprint density at radius 3 is 1.56 bits per heavy atom. The first kappa shape index (κ1) is 55.2. The molecule has 9 aromatic carbocycles. The van der Waals surface area contributed by atoms with Gasteiger partial charge in [-0.3, -0.25) is 0 Å². The Morgan fingerprint density at radius 1 is 0.443 bits per heavy atom. The van der Waals surface area contributed by atoms with Gasteiger partial charge >= 0.3 is 7.69 Å². The average Bonchev–Trinajstić information content (AvgIpc) is 3.68. The fourth-order valence-electron chi connectivity index (χ4n) is 7.01. The van der Waals surface area contributed by atoms with Gasteiger partial charge in [-0.25, -0.2) is 0 Å². The predicted molar refractivity (Wildman–Crippen MR) is 336 cm³/mol. The second-order valence-corrected chi connectivity index (χ2v) is 23.9. The monoisotopic (exact) mass is 1620 g/mol. The first-order valence-electron chi connectivity index (χ1n) is 20.5. The molecule has 0 aliphatic carbocycles. The van der Waals surface area contributed by atoms with Gasteiger partial charge in [-0.05, 0) is 263 Å². The molecule has 1 aromatic heterocycles. The molecule has 0 fully saturated rings. The lowest BCUT2D eigenvalue weighted by Gasteiger charge is -2.10. The van der Waals surface area contributed by atoms with E-state index in [0.29, 0.717) is 29.2 Å². The number of furan rings is 1. The number of benzene rings is 9. The number of rotatable bonds is 6. The molecule has 0 saturated carbocycles. The van der Waals surface area contributed by atoms with E-state index < -0.39 is 0 Å². The van der Waals surface area contributed by atoms with Crippen molar-refractivity contribution in [2.45, 2.75) is 0 Å². The zero-order valence-electron chi connectivity index (χ0n) is 35.8. The van der Waals surface area contributed by atoms with Crippen LogP contribution in [0.25, 0.3) is 66.4 Å². The van der Waals surface area contributed by atoms with Gasteiger partial charge < -0.3 is 24.3 Å². The highest BCUT2D eigenvalue weighted by Crippen LogP contribution is 2.40. The van der Waals surface area contributed by atoms with E-state index in [9.17, 15) is 5.11 Å². The van der Waals surface area contributed by atoms with E-state index in [1.54, 1.807) is 18.2 Å². The van der Waals surface area contributed by atoms with Crippen molar-refractivity contribution in [2.24, 2.45) is 0 Å². The lowest BCUT2D eigenvalue weighted by atomic mass is 9.98. The van der Waals surface area contributed by atoms with Crippen molar-refractivity contribution in [2.75, 3.05) is 0 Å². The Bertz CT molecular complexity index is 3490. The Morgan fingerprint density at radius 2 is 0.957 bits per heavy atom. The molecule has 0 spiro atoms. The van der Waals surface area contributed by atoms with Gasteiger partial charge in [-0.2, -0.15) is 0 Å². The van der Waals surface area contributed by atoms with E-state index in [4.69, 9.17) is 54.0 Å². The minimum Gasteiger partial charge on any atom is -0.537 e. The topological polar surface area (TPSA) is 83.1 Å². The normalized spacial score (nSPS) is 10.6. The molecule has 16 heteroatoms. The molecule has 0 atom stereocenters. The van der Waals surface area contributed by atoms with Crippen LogP contribution in [0.5, 0.6) is 17.2 Å². The van der Waals surface area contributed by atoms with Crippen LogP contribution < -0.4 is 4.65 Å². The van der Waals surface area contributed by atoms with E-state index in [1.807, 2.05) is 115 Å².